The first-order chi connectivity index (χ1) is 8.17. The molecule has 1 aromatic heterocycles. The molecule has 1 amide bonds. The monoisotopic (exact) mass is 234 g/mol. The third-order valence-corrected chi connectivity index (χ3v) is 4.02. The van der Waals surface area contributed by atoms with Gasteiger partial charge in [-0.1, -0.05) is 12.8 Å². The van der Waals surface area contributed by atoms with E-state index in [4.69, 9.17) is 0 Å². The van der Waals surface area contributed by atoms with Crippen LogP contribution in [0.25, 0.3) is 0 Å². The van der Waals surface area contributed by atoms with E-state index in [0.717, 1.165) is 18.9 Å². The lowest BCUT2D eigenvalue weighted by molar-refractivity contribution is -0.142. The van der Waals surface area contributed by atoms with Gasteiger partial charge in [-0.15, -0.1) is 0 Å². The molecule has 0 unspecified atom stereocenters. The predicted octanol–water partition coefficient (Wildman–Crippen LogP) is 1.06. The summed E-state index contributed by atoms with van der Waals surface area (Å²) in [7, 11) is 0. The highest BCUT2D eigenvalue weighted by Gasteiger charge is 2.46. The summed E-state index contributed by atoms with van der Waals surface area (Å²) in [5, 5.41) is 6.77. The molecule has 0 bridgehead atoms. The van der Waals surface area contributed by atoms with Crippen LogP contribution in [0.5, 0.6) is 0 Å². The molecule has 0 aromatic carbocycles. The predicted molar refractivity (Wildman–Crippen MR) is 62.3 cm³/mol. The van der Waals surface area contributed by atoms with Crippen LogP contribution < -0.4 is 0 Å². The molecule has 1 aliphatic heterocycles. The fourth-order valence-electron chi connectivity index (χ4n) is 3.10. The van der Waals surface area contributed by atoms with Crippen molar-refractivity contribution in [1.29, 1.82) is 0 Å². The third-order valence-electron chi connectivity index (χ3n) is 4.02. The van der Waals surface area contributed by atoms with Gasteiger partial charge in [-0.3, -0.25) is 9.89 Å². The van der Waals surface area contributed by atoms with Crippen molar-refractivity contribution in [1.82, 2.24) is 20.1 Å². The SMILES string of the molecule is Cc1nc(CC(=O)N2CC3(CCCC3)C2)n[nH]1. The number of aryl methyl sites for hydroxylation is 1. The zero-order chi connectivity index (χ0) is 11.9. The van der Waals surface area contributed by atoms with Gasteiger partial charge in [0.05, 0.1) is 6.42 Å². The van der Waals surface area contributed by atoms with Gasteiger partial charge in [-0.2, -0.15) is 5.10 Å². The second-order valence-corrected chi connectivity index (χ2v) is 5.47. The number of hydrogen-bond donors (Lipinski definition) is 1. The summed E-state index contributed by atoms with van der Waals surface area (Å²) in [5.41, 5.74) is 0.477. The van der Waals surface area contributed by atoms with Crippen molar-refractivity contribution < 1.29 is 4.79 Å². The van der Waals surface area contributed by atoms with Gasteiger partial charge < -0.3 is 4.90 Å². The van der Waals surface area contributed by atoms with Gasteiger partial charge in [0.2, 0.25) is 5.91 Å². The fourth-order valence-corrected chi connectivity index (χ4v) is 3.10. The first-order valence-electron chi connectivity index (χ1n) is 6.33. The summed E-state index contributed by atoms with van der Waals surface area (Å²) >= 11 is 0. The summed E-state index contributed by atoms with van der Waals surface area (Å²) in [6.45, 7) is 3.75. The van der Waals surface area contributed by atoms with Gasteiger partial charge in [-0.25, -0.2) is 4.98 Å². The van der Waals surface area contributed by atoms with Crippen LogP contribution in [0.2, 0.25) is 0 Å². The number of carbonyl (C=O) groups is 1. The van der Waals surface area contributed by atoms with Crippen LogP contribution in [0.3, 0.4) is 0 Å². The van der Waals surface area contributed by atoms with E-state index in [-0.39, 0.29) is 5.91 Å². The summed E-state index contributed by atoms with van der Waals surface area (Å²) in [4.78, 5) is 18.1. The van der Waals surface area contributed by atoms with Crippen molar-refractivity contribution in [3.8, 4) is 0 Å². The number of nitrogens with one attached hydrogen (secondary N) is 1. The molecule has 2 aliphatic rings. The molecule has 0 radical (unpaired) electrons. The molecule has 1 N–H and O–H groups in total. The van der Waals surface area contributed by atoms with Crippen LogP contribution in [0, 0.1) is 12.3 Å². The summed E-state index contributed by atoms with van der Waals surface area (Å²) in [6.07, 6.45) is 5.61. The van der Waals surface area contributed by atoms with E-state index in [2.05, 4.69) is 15.2 Å². The minimum Gasteiger partial charge on any atom is -0.341 e. The molecule has 1 aliphatic carbocycles. The van der Waals surface area contributed by atoms with E-state index in [1.165, 1.54) is 25.7 Å². The van der Waals surface area contributed by atoms with Crippen LogP contribution in [-0.2, 0) is 11.2 Å². The Bertz CT molecular complexity index is 425. The number of likely N-dealkylation sites (tertiary alicyclic amines) is 1. The quantitative estimate of drug-likeness (QED) is 0.832. The minimum absolute atomic E-state index is 0.168. The number of amides is 1. The van der Waals surface area contributed by atoms with Crippen LogP contribution in [0.1, 0.15) is 37.3 Å². The molecule has 1 spiro atoms. The number of rotatable bonds is 2. The molecule has 1 saturated heterocycles. The third kappa shape index (κ3) is 1.94. The van der Waals surface area contributed by atoms with Crippen molar-refractivity contribution >= 4 is 5.91 Å². The fraction of sp³-hybridized carbons (Fsp3) is 0.750. The Balaban J connectivity index is 1.55. The normalized spacial score (nSPS) is 21.8. The van der Waals surface area contributed by atoms with Crippen molar-refractivity contribution in [2.24, 2.45) is 5.41 Å². The number of carbonyl (C=O) groups excluding carboxylic acids is 1. The van der Waals surface area contributed by atoms with Gasteiger partial charge in [-0.05, 0) is 19.8 Å². The number of aromatic amines is 1. The Kier molecular flexibility index (Phi) is 2.42. The van der Waals surface area contributed by atoms with E-state index >= 15 is 0 Å². The van der Waals surface area contributed by atoms with Crippen molar-refractivity contribution in [2.75, 3.05) is 13.1 Å². The topological polar surface area (TPSA) is 61.9 Å². The van der Waals surface area contributed by atoms with E-state index in [1.54, 1.807) is 0 Å². The smallest absolute Gasteiger partial charge is 0.230 e. The van der Waals surface area contributed by atoms with Crippen LogP contribution in [0.15, 0.2) is 0 Å². The maximum Gasteiger partial charge on any atom is 0.230 e. The van der Waals surface area contributed by atoms with Crippen LogP contribution in [-0.4, -0.2) is 39.1 Å². The lowest BCUT2D eigenvalue weighted by atomic mass is 9.78. The average Bonchev–Trinajstić information content (AvgIpc) is 2.84. The highest BCUT2D eigenvalue weighted by atomic mass is 16.2. The Morgan fingerprint density at radius 1 is 1.41 bits per heavy atom. The summed E-state index contributed by atoms with van der Waals surface area (Å²) in [6, 6.07) is 0. The molecule has 2 heterocycles. The zero-order valence-electron chi connectivity index (χ0n) is 10.2. The molecule has 2 fully saturated rings. The molecule has 5 nitrogen and oxygen atoms in total. The summed E-state index contributed by atoms with van der Waals surface area (Å²) < 4.78 is 0. The molecular weight excluding hydrogens is 216 g/mol. The Morgan fingerprint density at radius 3 is 2.71 bits per heavy atom. The largest absolute Gasteiger partial charge is 0.341 e. The van der Waals surface area contributed by atoms with Crippen molar-refractivity contribution in [3.63, 3.8) is 0 Å². The molecule has 5 heteroatoms. The van der Waals surface area contributed by atoms with Crippen LogP contribution in [0.4, 0.5) is 0 Å². The van der Waals surface area contributed by atoms with Crippen LogP contribution >= 0.6 is 0 Å². The summed E-state index contributed by atoms with van der Waals surface area (Å²) in [5.74, 6) is 1.55. The van der Waals surface area contributed by atoms with E-state index < -0.39 is 0 Å². The van der Waals surface area contributed by atoms with Crippen molar-refractivity contribution in [2.45, 2.75) is 39.0 Å². The molecule has 0 atom stereocenters. The molecule has 1 aromatic rings. The second kappa shape index (κ2) is 3.82. The first-order valence-corrected chi connectivity index (χ1v) is 6.33. The molecule has 17 heavy (non-hydrogen) atoms. The highest BCUT2D eigenvalue weighted by Crippen LogP contribution is 2.45. The van der Waals surface area contributed by atoms with Gasteiger partial charge >= 0.3 is 0 Å². The van der Waals surface area contributed by atoms with Gasteiger partial charge in [0, 0.05) is 18.5 Å². The number of H-pyrrole nitrogens is 1. The van der Waals surface area contributed by atoms with E-state index in [1.807, 2.05) is 11.8 Å². The first kappa shape index (κ1) is 10.7. The highest BCUT2D eigenvalue weighted by molar-refractivity contribution is 5.79. The average molecular weight is 234 g/mol. The Labute approximate surface area is 101 Å². The number of hydrogen-bond acceptors (Lipinski definition) is 3. The zero-order valence-corrected chi connectivity index (χ0v) is 10.2. The second-order valence-electron chi connectivity index (χ2n) is 5.47. The lowest BCUT2D eigenvalue weighted by Crippen LogP contribution is -2.57. The standard InChI is InChI=1S/C12H18N4O/c1-9-13-10(15-14-9)6-11(17)16-7-12(8-16)4-2-3-5-12/h2-8H2,1H3,(H,13,14,15). The lowest BCUT2D eigenvalue weighted by Gasteiger charge is -2.48. The number of nitrogens with zero attached hydrogens (tertiary/aromatic N) is 3. The van der Waals surface area contributed by atoms with Gasteiger partial charge in [0.25, 0.3) is 0 Å². The minimum atomic E-state index is 0.168. The number of aromatic nitrogens is 3. The van der Waals surface area contributed by atoms with E-state index in [0.29, 0.717) is 17.7 Å². The van der Waals surface area contributed by atoms with Gasteiger partial charge in [0.15, 0.2) is 5.82 Å². The van der Waals surface area contributed by atoms with Gasteiger partial charge in [0.1, 0.15) is 5.82 Å². The van der Waals surface area contributed by atoms with Crippen molar-refractivity contribution in [3.05, 3.63) is 11.6 Å². The van der Waals surface area contributed by atoms with E-state index in [9.17, 15) is 4.79 Å². The molecule has 92 valence electrons. The molecule has 3 rings (SSSR count). The molecule has 1 saturated carbocycles. The Morgan fingerprint density at radius 2 is 2.12 bits per heavy atom. The Hall–Kier alpha value is -1.39. The maximum atomic E-state index is 12.0. The molecular formula is C12H18N4O. The maximum absolute atomic E-state index is 12.0.